The van der Waals surface area contributed by atoms with Gasteiger partial charge in [-0.2, -0.15) is 0 Å². The molecule has 0 bridgehead atoms. The molecule has 0 aliphatic rings. The molecule has 0 N–H and O–H groups in total. The second-order valence-corrected chi connectivity index (χ2v) is 2.74. The zero-order chi connectivity index (χ0) is 8.85. The largest absolute Gasteiger partial charge is 1.00 e. The molecular weight excluding hydrogens is 167 g/mol. The van der Waals surface area contributed by atoms with E-state index in [-0.39, 0.29) is 61.7 Å². The molecule has 0 saturated carbocycles. The van der Waals surface area contributed by atoms with Crippen molar-refractivity contribution in [3.05, 3.63) is 0 Å². The summed E-state index contributed by atoms with van der Waals surface area (Å²) in [6.07, 6.45) is 0.397. The summed E-state index contributed by atoms with van der Waals surface area (Å²) in [6, 6.07) is 0. The summed E-state index contributed by atoms with van der Waals surface area (Å²) < 4.78 is 4.81. The Morgan fingerprint density at radius 3 is 2.17 bits per heavy atom. The van der Waals surface area contributed by atoms with E-state index in [2.05, 4.69) is 0 Å². The molecule has 0 aromatic carbocycles. The van der Waals surface area contributed by atoms with Crippen LogP contribution in [-0.2, 0) is 14.3 Å². The predicted octanol–water partition coefficient (Wildman–Crippen LogP) is -1.58. The van der Waals surface area contributed by atoms with Gasteiger partial charge >= 0.3 is 35.5 Å². The van der Waals surface area contributed by atoms with Gasteiger partial charge in [-0.3, -0.25) is 4.79 Å². The molecule has 0 atom stereocenters. The normalized spacial score (nSPS) is 9.00. The molecule has 0 aromatic rings. The molecule has 0 aromatic heterocycles. The van der Waals surface area contributed by atoms with E-state index < -0.39 is 0 Å². The van der Waals surface area contributed by atoms with E-state index in [1.165, 1.54) is 6.92 Å². The quantitative estimate of drug-likeness (QED) is 0.389. The summed E-state index contributed by atoms with van der Waals surface area (Å²) in [5, 5.41) is 0. The van der Waals surface area contributed by atoms with Crippen molar-refractivity contribution in [2.45, 2.75) is 39.7 Å². The molecule has 12 heavy (non-hydrogen) atoms. The van der Waals surface area contributed by atoms with Crippen LogP contribution in [0.25, 0.3) is 0 Å². The number of esters is 1. The summed E-state index contributed by atoms with van der Waals surface area (Å²) in [6.45, 7) is 5.03. The number of hydrogen-bond donors (Lipinski definition) is 0. The van der Waals surface area contributed by atoms with Crippen molar-refractivity contribution in [2.75, 3.05) is 0 Å². The maximum absolute atomic E-state index is 10.8. The van der Waals surface area contributed by atoms with Crippen molar-refractivity contribution < 1.29 is 45.3 Å². The predicted molar refractivity (Wildman–Crippen MR) is 42.3 cm³/mol. The van der Waals surface area contributed by atoms with Crippen molar-refractivity contribution in [3.8, 4) is 0 Å². The van der Waals surface area contributed by atoms with Crippen LogP contribution in [0, 0.1) is 0 Å². The molecule has 0 aliphatic carbocycles. The molecule has 0 unspecified atom stereocenters. The van der Waals surface area contributed by atoms with Crippen molar-refractivity contribution >= 4 is 11.8 Å². The molecule has 4 heteroatoms. The Morgan fingerprint density at radius 1 is 1.33 bits per heavy atom. The zero-order valence-electron chi connectivity index (χ0n) is 9.22. The maximum atomic E-state index is 10.8. The Kier molecular flexibility index (Phi) is 9.49. The third-order valence-corrected chi connectivity index (χ3v) is 1.05. The van der Waals surface area contributed by atoms with Gasteiger partial charge in [-0.05, 0) is 20.8 Å². The van der Waals surface area contributed by atoms with Gasteiger partial charge in [0, 0.05) is 6.42 Å². The summed E-state index contributed by atoms with van der Waals surface area (Å²) in [5.74, 6) is -0.277. The van der Waals surface area contributed by atoms with Crippen LogP contribution in [0.5, 0.6) is 0 Å². The molecule has 3 nitrogen and oxygen atoms in total. The average Bonchev–Trinajstić information content (AvgIpc) is 1.82. The smallest absolute Gasteiger partial charge is 1.00 e. The minimum Gasteiger partial charge on any atom is -1.00 e. The van der Waals surface area contributed by atoms with Crippen LogP contribution in [0.1, 0.15) is 35.0 Å². The number of ketones is 1. The number of hydrogen-bond acceptors (Lipinski definition) is 3. The van der Waals surface area contributed by atoms with E-state index in [0.717, 1.165) is 0 Å². The fourth-order valence-corrected chi connectivity index (χ4v) is 0.600. The monoisotopic (exact) mass is 182 g/mol. The Bertz CT molecular complexity index is 159. The fourth-order valence-electron chi connectivity index (χ4n) is 0.600. The molecule has 0 radical (unpaired) electrons. The van der Waals surface area contributed by atoms with Gasteiger partial charge in [0.25, 0.3) is 0 Å². The van der Waals surface area contributed by atoms with Crippen LogP contribution in [0.2, 0.25) is 0 Å². The number of rotatable bonds is 4. The van der Waals surface area contributed by atoms with Crippen molar-refractivity contribution in [2.24, 2.45) is 0 Å². The fraction of sp³-hybridized carbons (Fsp3) is 0.750. The van der Waals surface area contributed by atoms with E-state index in [4.69, 9.17) is 4.74 Å². The van der Waals surface area contributed by atoms with Gasteiger partial charge < -0.3 is 11.0 Å². The summed E-state index contributed by atoms with van der Waals surface area (Å²) in [4.78, 5) is 21.2. The molecule has 0 amide bonds. The van der Waals surface area contributed by atoms with Gasteiger partial charge in [-0.15, -0.1) is 0 Å². The van der Waals surface area contributed by atoms with Crippen LogP contribution in [-0.4, -0.2) is 17.9 Å². The molecule has 0 saturated heterocycles. The topological polar surface area (TPSA) is 43.4 Å². The van der Waals surface area contributed by atoms with Crippen molar-refractivity contribution in [3.63, 3.8) is 0 Å². The second-order valence-electron chi connectivity index (χ2n) is 2.74. The second kappa shape index (κ2) is 7.77. The van der Waals surface area contributed by atoms with E-state index in [1.54, 1.807) is 13.8 Å². The first-order valence-electron chi connectivity index (χ1n) is 3.71. The van der Waals surface area contributed by atoms with Gasteiger partial charge in [0.05, 0.1) is 12.5 Å². The molecule has 0 rings (SSSR count). The van der Waals surface area contributed by atoms with E-state index >= 15 is 0 Å². The first kappa shape index (κ1) is 14.7. The molecule has 0 heterocycles. The average molecular weight is 182 g/mol. The molecule has 0 aliphatic heterocycles. The third-order valence-electron chi connectivity index (χ3n) is 1.05. The Balaban J connectivity index is -0.000000500. The third kappa shape index (κ3) is 10.1. The Morgan fingerprint density at radius 2 is 1.83 bits per heavy atom. The van der Waals surface area contributed by atoms with E-state index in [9.17, 15) is 9.59 Å². The minimum absolute atomic E-state index is 0. The Hall–Kier alpha value is 0.140. The van der Waals surface area contributed by atoms with Gasteiger partial charge in [0.1, 0.15) is 5.78 Å². The molecular formula is C8H15NaO3. The summed E-state index contributed by atoms with van der Waals surface area (Å²) >= 11 is 0. The van der Waals surface area contributed by atoms with Crippen LogP contribution < -0.4 is 29.6 Å². The number of carbonyl (C=O) groups is 2. The van der Waals surface area contributed by atoms with E-state index in [0.29, 0.717) is 0 Å². The first-order chi connectivity index (χ1) is 5.02. The molecule has 66 valence electrons. The molecule has 0 spiro atoms. The standard InChI is InChI=1S/C8H14O3.Na.H/c1-6(2)11-8(10)5-4-7(3)9;;/h6H,4-5H2,1-3H3;;/q;+1;-1. The van der Waals surface area contributed by atoms with Crippen molar-refractivity contribution in [1.29, 1.82) is 0 Å². The minimum atomic E-state index is -0.296. The van der Waals surface area contributed by atoms with Gasteiger partial charge in [0.2, 0.25) is 0 Å². The first-order valence-corrected chi connectivity index (χ1v) is 3.71. The van der Waals surface area contributed by atoms with Gasteiger partial charge in [0.15, 0.2) is 0 Å². The van der Waals surface area contributed by atoms with Gasteiger partial charge in [-0.1, -0.05) is 0 Å². The zero-order valence-corrected chi connectivity index (χ0v) is 10.2. The number of ether oxygens (including phenoxy) is 1. The SMILES string of the molecule is CC(=O)CCC(=O)OC(C)C.[H-].[Na+]. The number of Topliss-reactive ketones (excluding diaryl/α,β-unsaturated/α-hetero) is 1. The van der Waals surface area contributed by atoms with E-state index in [1.807, 2.05) is 0 Å². The summed E-state index contributed by atoms with van der Waals surface area (Å²) in [7, 11) is 0. The Labute approximate surface area is 96.6 Å². The maximum Gasteiger partial charge on any atom is 1.00 e. The number of carbonyl (C=O) groups excluding carboxylic acids is 2. The van der Waals surface area contributed by atoms with Crippen LogP contribution >= 0.6 is 0 Å². The molecule has 0 fully saturated rings. The van der Waals surface area contributed by atoms with Gasteiger partial charge in [-0.25, -0.2) is 0 Å². The van der Waals surface area contributed by atoms with Crippen LogP contribution in [0.3, 0.4) is 0 Å². The van der Waals surface area contributed by atoms with Crippen LogP contribution in [0.15, 0.2) is 0 Å². The van der Waals surface area contributed by atoms with Crippen molar-refractivity contribution in [1.82, 2.24) is 0 Å². The summed E-state index contributed by atoms with van der Waals surface area (Å²) in [5.41, 5.74) is 0. The van der Waals surface area contributed by atoms with Crippen LogP contribution in [0.4, 0.5) is 0 Å².